The molecule has 1 atom stereocenters. The number of hydrogen-bond donors (Lipinski definition) is 1. The molecule has 70 valence electrons. The van der Waals surface area contributed by atoms with Crippen molar-refractivity contribution in [1.82, 2.24) is 4.90 Å². The van der Waals surface area contributed by atoms with Gasteiger partial charge in [-0.15, -0.1) is 0 Å². The van der Waals surface area contributed by atoms with Gasteiger partial charge in [-0.05, 0) is 19.0 Å². The molecule has 0 unspecified atom stereocenters. The minimum absolute atomic E-state index is 0.0887. The highest BCUT2D eigenvalue weighted by molar-refractivity contribution is 5.15. The first-order valence-corrected chi connectivity index (χ1v) is 3.79. The monoisotopic (exact) mass is 178 g/mol. The molecule has 1 saturated heterocycles. The molecule has 12 heavy (non-hydrogen) atoms. The van der Waals surface area contributed by atoms with Crippen LogP contribution >= 0.6 is 0 Å². The van der Waals surface area contributed by atoms with Gasteiger partial charge in [-0.1, -0.05) is 6.92 Å². The van der Waals surface area contributed by atoms with Crippen LogP contribution in [0.2, 0.25) is 0 Å². The minimum Gasteiger partial charge on any atom is -0.395 e. The Morgan fingerprint density at radius 1 is 2.00 bits per heavy atom. The zero-order chi connectivity index (χ0) is 13.5. The Balaban J connectivity index is 3.07. The van der Waals surface area contributed by atoms with Gasteiger partial charge in [0.2, 0.25) is 0 Å². The first kappa shape index (κ1) is 4.72. The topological polar surface area (TPSA) is 23.5 Å². The number of likely N-dealkylation sites (tertiary alicyclic amines) is 1. The van der Waals surface area contributed by atoms with Crippen LogP contribution in [-0.4, -0.2) is 36.6 Å². The Morgan fingerprint density at radius 2 is 2.75 bits per heavy atom. The van der Waals surface area contributed by atoms with E-state index in [-0.39, 0.29) is 31.4 Å². The number of halogens is 1. The molecule has 3 heteroatoms. The van der Waals surface area contributed by atoms with E-state index in [4.69, 9.17) is 6.85 Å². The lowest BCUT2D eigenvalue weighted by molar-refractivity contribution is 0.102. The van der Waals surface area contributed by atoms with Gasteiger partial charge in [-0.25, -0.2) is 4.39 Å². The summed E-state index contributed by atoms with van der Waals surface area (Å²) in [6.07, 6.45) is 0.358. The fourth-order valence-electron chi connectivity index (χ4n) is 1.38. The standard InChI is InChI=1S/C9H16FNO/c1-9(7-12)6-11(2)4-3-8(9)5-10/h5,12H,3-4,6-7H2,1-2H3/b8-5+/t9-/m0/s1/i2D3,7D2. The van der Waals surface area contributed by atoms with E-state index in [9.17, 15) is 9.50 Å². The number of aliphatic hydroxyl groups is 1. The van der Waals surface area contributed by atoms with Gasteiger partial charge in [0.25, 0.3) is 0 Å². The van der Waals surface area contributed by atoms with Crippen LogP contribution in [0.15, 0.2) is 11.9 Å². The van der Waals surface area contributed by atoms with Crippen LogP contribution in [0.3, 0.4) is 0 Å². The van der Waals surface area contributed by atoms with Gasteiger partial charge in [0, 0.05) is 22.6 Å². The summed E-state index contributed by atoms with van der Waals surface area (Å²) in [4.78, 5) is 1.08. The Morgan fingerprint density at radius 3 is 3.25 bits per heavy atom. The highest BCUT2D eigenvalue weighted by atomic mass is 19.1. The molecular formula is C9H16FNO. The van der Waals surface area contributed by atoms with Crippen molar-refractivity contribution in [3.8, 4) is 0 Å². The predicted octanol–water partition coefficient (Wildman–Crippen LogP) is 1.17. The molecule has 0 amide bonds. The molecule has 1 rings (SSSR count). The zero-order valence-corrected chi connectivity index (χ0v) is 6.97. The Labute approximate surface area is 79.7 Å². The molecule has 0 aliphatic carbocycles. The molecule has 0 saturated carbocycles. The van der Waals surface area contributed by atoms with Gasteiger partial charge in [0.05, 0.1) is 15.6 Å². The maximum absolute atomic E-state index is 12.7. The normalized spacial score (nSPS) is 44.2. The number of nitrogens with zero attached hydrogens (tertiary/aromatic N) is 1. The molecule has 0 aromatic heterocycles. The number of hydrogen-bond acceptors (Lipinski definition) is 2. The molecular weight excluding hydrogens is 157 g/mol. The second-order valence-corrected chi connectivity index (χ2v) is 3.25. The van der Waals surface area contributed by atoms with Gasteiger partial charge < -0.3 is 10.0 Å². The first-order valence-electron chi connectivity index (χ1n) is 6.29. The third-order valence-electron chi connectivity index (χ3n) is 2.25. The van der Waals surface area contributed by atoms with Crippen LogP contribution in [0.25, 0.3) is 0 Å². The van der Waals surface area contributed by atoms with Crippen LogP contribution in [0.1, 0.15) is 20.2 Å². The largest absolute Gasteiger partial charge is 0.395 e. The molecule has 0 bridgehead atoms. The van der Waals surface area contributed by atoms with Crippen molar-refractivity contribution in [3.05, 3.63) is 11.9 Å². The molecule has 0 spiro atoms. The van der Waals surface area contributed by atoms with Gasteiger partial charge in [-0.2, -0.15) is 0 Å². The second kappa shape index (κ2) is 3.54. The van der Waals surface area contributed by atoms with Crippen molar-refractivity contribution in [2.75, 3.05) is 26.6 Å². The summed E-state index contributed by atoms with van der Waals surface area (Å²) >= 11 is 0. The quantitative estimate of drug-likeness (QED) is 0.651. The molecule has 2 nitrogen and oxygen atoms in total. The van der Waals surface area contributed by atoms with Crippen LogP contribution in [-0.2, 0) is 0 Å². The van der Waals surface area contributed by atoms with Crippen molar-refractivity contribution in [3.63, 3.8) is 0 Å². The molecule has 1 aliphatic rings. The lowest BCUT2D eigenvalue weighted by atomic mass is 9.79. The van der Waals surface area contributed by atoms with Crippen molar-refractivity contribution < 1.29 is 16.4 Å². The second-order valence-electron chi connectivity index (χ2n) is 3.25. The predicted molar refractivity (Wildman–Crippen MR) is 46.5 cm³/mol. The van der Waals surface area contributed by atoms with E-state index in [1.54, 1.807) is 0 Å². The summed E-state index contributed by atoms with van der Waals surface area (Å²) in [7, 11) is 0. The summed E-state index contributed by atoms with van der Waals surface area (Å²) in [5, 5.41) is 9.50. The highest BCUT2D eigenvalue weighted by Crippen LogP contribution is 2.33. The first-order chi connectivity index (χ1) is 7.52. The average molecular weight is 178 g/mol. The molecule has 0 radical (unpaired) electrons. The maximum Gasteiger partial charge on any atom is 0.0866 e. The van der Waals surface area contributed by atoms with Crippen molar-refractivity contribution in [2.24, 2.45) is 5.41 Å². The van der Waals surface area contributed by atoms with Crippen LogP contribution in [0, 0.1) is 5.41 Å². The Kier molecular flexibility index (Phi) is 1.39. The fraction of sp³-hybridized carbons (Fsp3) is 0.778. The average Bonchev–Trinajstić information content (AvgIpc) is 2.14. The Bertz CT molecular complexity index is 324. The maximum atomic E-state index is 12.7. The van der Waals surface area contributed by atoms with Crippen LogP contribution in [0.5, 0.6) is 0 Å². The van der Waals surface area contributed by atoms with E-state index in [0.29, 0.717) is 0 Å². The summed E-state index contributed by atoms with van der Waals surface area (Å²) in [6.45, 7) is -3.83. The van der Waals surface area contributed by atoms with E-state index < -0.39 is 18.9 Å². The van der Waals surface area contributed by atoms with Crippen molar-refractivity contribution >= 4 is 0 Å². The van der Waals surface area contributed by atoms with E-state index in [2.05, 4.69) is 0 Å². The molecule has 1 aliphatic heterocycles. The molecule has 1 N–H and O–H groups in total. The molecule has 0 aromatic rings. The molecule has 1 heterocycles. The van der Waals surface area contributed by atoms with Gasteiger partial charge in [0.15, 0.2) is 0 Å². The van der Waals surface area contributed by atoms with E-state index in [1.165, 1.54) is 6.92 Å². The lowest BCUT2D eigenvalue weighted by Crippen LogP contribution is -2.43. The SMILES string of the molecule is [2H]C([2H])([2H])N1CC/C(=C\F)[C@](C)(C([2H])([2H])O)C1. The van der Waals surface area contributed by atoms with E-state index in [1.807, 2.05) is 0 Å². The highest BCUT2D eigenvalue weighted by Gasteiger charge is 2.33. The lowest BCUT2D eigenvalue weighted by Gasteiger charge is -2.39. The van der Waals surface area contributed by atoms with E-state index in [0.717, 1.165) is 4.90 Å². The fourth-order valence-corrected chi connectivity index (χ4v) is 1.38. The minimum atomic E-state index is -2.67. The summed E-state index contributed by atoms with van der Waals surface area (Å²) < 4.78 is 49.3. The summed E-state index contributed by atoms with van der Waals surface area (Å²) in [5.74, 6) is 0. The summed E-state index contributed by atoms with van der Waals surface area (Å²) in [5.41, 5.74) is -1.44. The smallest absolute Gasteiger partial charge is 0.0866 e. The van der Waals surface area contributed by atoms with Crippen molar-refractivity contribution in [1.29, 1.82) is 0 Å². The third-order valence-corrected chi connectivity index (χ3v) is 2.25. The van der Waals surface area contributed by atoms with Gasteiger partial charge in [0.1, 0.15) is 0 Å². The number of rotatable bonds is 1. The van der Waals surface area contributed by atoms with Crippen LogP contribution < -0.4 is 0 Å². The summed E-state index contributed by atoms with van der Waals surface area (Å²) in [6, 6.07) is 0. The third kappa shape index (κ3) is 1.67. The number of piperidine rings is 1. The van der Waals surface area contributed by atoms with E-state index >= 15 is 0 Å². The molecule has 1 fully saturated rings. The van der Waals surface area contributed by atoms with Crippen molar-refractivity contribution in [2.45, 2.75) is 13.3 Å². The van der Waals surface area contributed by atoms with Gasteiger partial charge >= 0.3 is 0 Å². The Hall–Kier alpha value is -0.410. The zero-order valence-electron chi connectivity index (χ0n) is 12.0. The van der Waals surface area contributed by atoms with Gasteiger partial charge in [-0.3, -0.25) is 0 Å². The molecule has 0 aromatic carbocycles. The van der Waals surface area contributed by atoms with Crippen LogP contribution in [0.4, 0.5) is 4.39 Å².